The Kier molecular flexibility index (Phi) is 3.44. The maximum absolute atomic E-state index is 11.6. The lowest BCUT2D eigenvalue weighted by atomic mass is 10.1. The highest BCUT2D eigenvalue weighted by Gasteiger charge is 2.38. The molecule has 0 aromatic carbocycles. The highest BCUT2D eigenvalue weighted by molar-refractivity contribution is 6.03. The molecule has 0 bridgehead atoms. The summed E-state index contributed by atoms with van der Waals surface area (Å²) in [6.45, 7) is 4.78. The summed E-state index contributed by atoms with van der Waals surface area (Å²) in [7, 11) is 0. The average Bonchev–Trinajstić information content (AvgIpc) is 2.37. The van der Waals surface area contributed by atoms with Crippen LogP contribution in [0.5, 0.6) is 0 Å². The van der Waals surface area contributed by atoms with E-state index < -0.39 is 5.97 Å². The molecule has 1 heterocycles. The first kappa shape index (κ1) is 11.7. The second kappa shape index (κ2) is 4.42. The van der Waals surface area contributed by atoms with Crippen molar-refractivity contribution in [2.75, 3.05) is 6.61 Å². The van der Waals surface area contributed by atoms with Crippen LogP contribution in [0.25, 0.3) is 0 Å². The van der Waals surface area contributed by atoms with Gasteiger partial charge in [0.25, 0.3) is 0 Å². The van der Waals surface area contributed by atoms with Crippen molar-refractivity contribution in [3.8, 4) is 0 Å². The van der Waals surface area contributed by atoms with Gasteiger partial charge in [-0.2, -0.15) is 0 Å². The predicted molar refractivity (Wildman–Crippen MR) is 51.7 cm³/mol. The molecule has 0 radical (unpaired) electrons. The number of nitrogens with zero attached hydrogens (tertiary/aromatic N) is 1. The number of hydrogen-bond donors (Lipinski definition) is 0. The van der Waals surface area contributed by atoms with Crippen molar-refractivity contribution in [3.63, 3.8) is 0 Å². The quantitative estimate of drug-likeness (QED) is 0.500. The summed E-state index contributed by atoms with van der Waals surface area (Å²) in [5.74, 6) is -1.03. The normalized spacial score (nSPS) is 23.1. The lowest BCUT2D eigenvalue weighted by Gasteiger charge is -2.22. The predicted octanol–water partition coefficient (Wildman–Crippen LogP) is 0.333. The minimum Gasteiger partial charge on any atom is -0.464 e. The molecule has 0 aliphatic carbocycles. The Balaban J connectivity index is 2.59. The molecule has 5 heteroatoms. The summed E-state index contributed by atoms with van der Waals surface area (Å²) >= 11 is 0. The summed E-state index contributed by atoms with van der Waals surface area (Å²) < 4.78 is 4.76. The first-order valence-corrected chi connectivity index (χ1v) is 4.92. The minimum atomic E-state index is -0.408. The van der Waals surface area contributed by atoms with Crippen LogP contribution >= 0.6 is 0 Å². The number of esters is 1. The van der Waals surface area contributed by atoms with E-state index in [4.69, 9.17) is 4.74 Å². The topological polar surface area (TPSA) is 63.7 Å². The van der Waals surface area contributed by atoms with Gasteiger partial charge >= 0.3 is 5.97 Å². The van der Waals surface area contributed by atoms with E-state index in [9.17, 15) is 14.4 Å². The van der Waals surface area contributed by atoms with Crippen LogP contribution < -0.4 is 0 Å². The molecule has 5 nitrogen and oxygen atoms in total. The fourth-order valence-corrected chi connectivity index (χ4v) is 1.58. The van der Waals surface area contributed by atoms with Crippen molar-refractivity contribution in [2.24, 2.45) is 5.92 Å². The zero-order valence-electron chi connectivity index (χ0n) is 9.15. The fourth-order valence-electron chi connectivity index (χ4n) is 1.58. The SMILES string of the molecule is CC(=O)OC[C@H](C)N1C(=O)C[C@@H](C)C1=O. The Hall–Kier alpha value is -1.39. The van der Waals surface area contributed by atoms with Crippen LogP contribution in [0.15, 0.2) is 0 Å². The molecule has 2 amide bonds. The van der Waals surface area contributed by atoms with Gasteiger partial charge in [0.2, 0.25) is 11.8 Å². The van der Waals surface area contributed by atoms with Gasteiger partial charge in [0.1, 0.15) is 6.61 Å². The first-order chi connectivity index (χ1) is 6.93. The number of carbonyl (C=O) groups excluding carboxylic acids is 3. The molecule has 1 rings (SSSR count). The van der Waals surface area contributed by atoms with Crippen molar-refractivity contribution < 1.29 is 19.1 Å². The lowest BCUT2D eigenvalue weighted by molar-refractivity contribution is -0.149. The van der Waals surface area contributed by atoms with E-state index in [2.05, 4.69) is 0 Å². The summed E-state index contributed by atoms with van der Waals surface area (Å²) in [5, 5.41) is 0. The third-order valence-corrected chi connectivity index (χ3v) is 2.38. The van der Waals surface area contributed by atoms with Gasteiger partial charge < -0.3 is 4.74 Å². The van der Waals surface area contributed by atoms with Gasteiger partial charge in [0.15, 0.2) is 0 Å². The van der Waals surface area contributed by atoms with Crippen LogP contribution in [0.2, 0.25) is 0 Å². The van der Waals surface area contributed by atoms with Crippen LogP contribution in [0.3, 0.4) is 0 Å². The second-order valence-corrected chi connectivity index (χ2v) is 3.86. The second-order valence-electron chi connectivity index (χ2n) is 3.86. The summed E-state index contributed by atoms with van der Waals surface area (Å²) in [5.41, 5.74) is 0. The van der Waals surface area contributed by atoms with Crippen molar-refractivity contribution in [1.82, 2.24) is 4.90 Å². The number of amides is 2. The van der Waals surface area contributed by atoms with Gasteiger partial charge in [-0.15, -0.1) is 0 Å². The molecule has 0 saturated carbocycles. The summed E-state index contributed by atoms with van der Waals surface area (Å²) in [4.78, 5) is 34.8. The maximum Gasteiger partial charge on any atom is 0.302 e. The van der Waals surface area contributed by atoms with E-state index in [1.54, 1.807) is 13.8 Å². The van der Waals surface area contributed by atoms with Crippen LogP contribution in [0, 0.1) is 5.92 Å². The van der Waals surface area contributed by atoms with E-state index in [-0.39, 0.29) is 36.8 Å². The van der Waals surface area contributed by atoms with Crippen molar-refractivity contribution in [1.29, 1.82) is 0 Å². The molecular formula is C10H15NO4. The molecule has 0 spiro atoms. The van der Waals surface area contributed by atoms with E-state index >= 15 is 0 Å². The number of imide groups is 1. The van der Waals surface area contributed by atoms with Crippen molar-refractivity contribution in [2.45, 2.75) is 33.2 Å². The Morgan fingerprint density at radius 2 is 2.20 bits per heavy atom. The molecule has 1 saturated heterocycles. The summed E-state index contributed by atoms with van der Waals surface area (Å²) in [6, 6.07) is -0.376. The van der Waals surface area contributed by atoms with Gasteiger partial charge in [-0.3, -0.25) is 19.3 Å². The van der Waals surface area contributed by atoms with Crippen molar-refractivity contribution >= 4 is 17.8 Å². The zero-order valence-corrected chi connectivity index (χ0v) is 9.15. The van der Waals surface area contributed by atoms with Crippen LogP contribution in [0.4, 0.5) is 0 Å². The Labute approximate surface area is 88.4 Å². The number of rotatable bonds is 3. The monoisotopic (exact) mass is 213 g/mol. The molecule has 0 N–H and O–H groups in total. The maximum atomic E-state index is 11.6. The lowest BCUT2D eigenvalue weighted by Crippen LogP contribution is -2.41. The average molecular weight is 213 g/mol. The molecule has 1 aliphatic heterocycles. The van der Waals surface area contributed by atoms with Gasteiger partial charge in [0, 0.05) is 19.3 Å². The van der Waals surface area contributed by atoms with Crippen LogP contribution in [-0.2, 0) is 19.1 Å². The fraction of sp³-hybridized carbons (Fsp3) is 0.700. The Morgan fingerprint density at radius 1 is 1.60 bits per heavy atom. The smallest absolute Gasteiger partial charge is 0.302 e. The number of carbonyl (C=O) groups is 3. The molecule has 1 aliphatic rings. The van der Waals surface area contributed by atoms with Crippen LogP contribution in [0.1, 0.15) is 27.2 Å². The molecule has 15 heavy (non-hydrogen) atoms. The third kappa shape index (κ3) is 2.55. The van der Waals surface area contributed by atoms with E-state index in [0.29, 0.717) is 0 Å². The third-order valence-electron chi connectivity index (χ3n) is 2.38. The largest absolute Gasteiger partial charge is 0.464 e. The molecule has 1 fully saturated rings. The Bertz CT molecular complexity index is 300. The van der Waals surface area contributed by atoms with E-state index in [1.807, 2.05) is 0 Å². The molecule has 84 valence electrons. The van der Waals surface area contributed by atoms with Gasteiger partial charge in [0.05, 0.1) is 6.04 Å². The van der Waals surface area contributed by atoms with Gasteiger partial charge in [-0.1, -0.05) is 6.92 Å². The molecule has 2 atom stereocenters. The standard InChI is InChI=1S/C10H15NO4/c1-6-4-9(13)11(10(6)14)7(2)5-15-8(3)12/h6-7H,4-5H2,1-3H3/t6-,7+/m1/s1. The molecular weight excluding hydrogens is 198 g/mol. The van der Waals surface area contributed by atoms with Gasteiger partial charge in [-0.05, 0) is 6.92 Å². The zero-order chi connectivity index (χ0) is 11.6. The van der Waals surface area contributed by atoms with E-state index in [1.165, 1.54) is 11.8 Å². The van der Waals surface area contributed by atoms with Crippen LogP contribution in [-0.4, -0.2) is 35.3 Å². The number of ether oxygens (including phenoxy) is 1. The molecule has 0 aromatic heterocycles. The van der Waals surface area contributed by atoms with E-state index in [0.717, 1.165) is 0 Å². The number of hydrogen-bond acceptors (Lipinski definition) is 4. The Morgan fingerprint density at radius 3 is 2.60 bits per heavy atom. The molecule has 0 aromatic rings. The van der Waals surface area contributed by atoms with Gasteiger partial charge in [-0.25, -0.2) is 0 Å². The highest BCUT2D eigenvalue weighted by Crippen LogP contribution is 2.21. The summed E-state index contributed by atoms with van der Waals surface area (Å²) in [6.07, 6.45) is 0.253. The number of likely N-dealkylation sites (tertiary alicyclic amines) is 1. The first-order valence-electron chi connectivity index (χ1n) is 4.92. The highest BCUT2D eigenvalue weighted by atomic mass is 16.5. The van der Waals surface area contributed by atoms with Crippen molar-refractivity contribution in [3.05, 3.63) is 0 Å². The molecule has 0 unspecified atom stereocenters. The minimum absolute atomic E-state index is 0.0690.